The SMILES string of the molecule is COCCn1cc(/C=N/Nc2cccnc2)c(-c2ccc([N+](=O)[O-])o2)n1. The van der Waals surface area contributed by atoms with Crippen LogP contribution in [-0.2, 0) is 11.3 Å². The zero-order chi connectivity index (χ0) is 18.4. The molecule has 0 bridgehead atoms. The van der Waals surface area contributed by atoms with Crippen LogP contribution in [0, 0.1) is 10.1 Å². The third-order valence-corrected chi connectivity index (χ3v) is 3.38. The molecule has 3 aromatic heterocycles. The Morgan fingerprint density at radius 3 is 3.04 bits per heavy atom. The molecule has 0 fully saturated rings. The van der Waals surface area contributed by atoms with Crippen molar-refractivity contribution in [3.8, 4) is 11.5 Å². The van der Waals surface area contributed by atoms with E-state index in [0.29, 0.717) is 24.4 Å². The van der Waals surface area contributed by atoms with E-state index in [2.05, 4.69) is 20.6 Å². The fraction of sp³-hybridized carbons (Fsp3) is 0.188. The average molecular weight is 356 g/mol. The number of nitrogens with zero attached hydrogens (tertiary/aromatic N) is 5. The molecule has 3 heterocycles. The standard InChI is InChI=1S/C16H16N6O4/c1-25-8-7-21-11-12(9-18-19-13-3-2-6-17-10-13)16(20-21)14-4-5-15(26-14)22(23)24/h2-6,9-11,19H,7-8H2,1H3/b18-9+. The van der Waals surface area contributed by atoms with Gasteiger partial charge in [-0.05, 0) is 18.2 Å². The van der Waals surface area contributed by atoms with Gasteiger partial charge in [0, 0.05) is 25.1 Å². The smallest absolute Gasteiger partial charge is 0.399 e. The first kappa shape index (κ1) is 17.3. The molecule has 0 amide bonds. The van der Waals surface area contributed by atoms with Crippen molar-refractivity contribution in [3.05, 3.63) is 58.5 Å². The molecule has 3 aromatic rings. The number of nitrogens with one attached hydrogen (secondary N) is 1. The molecular formula is C16H16N6O4. The van der Waals surface area contributed by atoms with Crippen molar-refractivity contribution in [2.75, 3.05) is 19.1 Å². The van der Waals surface area contributed by atoms with E-state index in [1.165, 1.54) is 12.1 Å². The van der Waals surface area contributed by atoms with Crippen LogP contribution in [0.25, 0.3) is 11.5 Å². The fourth-order valence-electron chi connectivity index (χ4n) is 2.18. The number of hydrogen-bond donors (Lipinski definition) is 1. The van der Waals surface area contributed by atoms with Gasteiger partial charge in [0.25, 0.3) is 0 Å². The Morgan fingerprint density at radius 1 is 1.46 bits per heavy atom. The number of ether oxygens (including phenoxy) is 1. The minimum atomic E-state index is -0.594. The lowest BCUT2D eigenvalue weighted by Crippen LogP contribution is -2.04. The van der Waals surface area contributed by atoms with Crippen molar-refractivity contribution in [1.29, 1.82) is 0 Å². The van der Waals surface area contributed by atoms with E-state index in [9.17, 15) is 10.1 Å². The van der Waals surface area contributed by atoms with Gasteiger partial charge in [0.2, 0.25) is 0 Å². The number of nitro groups is 1. The lowest BCUT2D eigenvalue weighted by Gasteiger charge is -1.98. The Labute approximate surface area is 148 Å². The Bertz CT molecular complexity index is 903. The number of furan rings is 1. The minimum Gasteiger partial charge on any atom is -0.399 e. The van der Waals surface area contributed by atoms with Crippen molar-refractivity contribution in [2.24, 2.45) is 5.10 Å². The summed E-state index contributed by atoms with van der Waals surface area (Å²) >= 11 is 0. The van der Waals surface area contributed by atoms with Gasteiger partial charge in [-0.2, -0.15) is 10.2 Å². The van der Waals surface area contributed by atoms with E-state index in [0.717, 1.165) is 5.69 Å². The van der Waals surface area contributed by atoms with Crippen molar-refractivity contribution < 1.29 is 14.1 Å². The molecule has 3 rings (SSSR count). The molecule has 0 saturated heterocycles. The molecule has 134 valence electrons. The predicted octanol–water partition coefficient (Wildman–Crippen LogP) is 2.54. The highest BCUT2D eigenvalue weighted by Crippen LogP contribution is 2.27. The van der Waals surface area contributed by atoms with Crippen LogP contribution >= 0.6 is 0 Å². The second-order valence-electron chi connectivity index (χ2n) is 5.20. The summed E-state index contributed by atoms with van der Waals surface area (Å²) in [6, 6.07) is 6.41. The molecule has 0 aliphatic heterocycles. The lowest BCUT2D eigenvalue weighted by molar-refractivity contribution is -0.401. The number of rotatable bonds is 8. The van der Waals surface area contributed by atoms with Gasteiger partial charge in [-0.15, -0.1) is 0 Å². The summed E-state index contributed by atoms with van der Waals surface area (Å²) in [5.74, 6) is -0.0569. The number of methoxy groups -OCH3 is 1. The third-order valence-electron chi connectivity index (χ3n) is 3.38. The van der Waals surface area contributed by atoms with Gasteiger partial charge in [0.1, 0.15) is 10.6 Å². The predicted molar refractivity (Wildman–Crippen MR) is 93.9 cm³/mol. The van der Waals surface area contributed by atoms with Crippen LogP contribution in [0.5, 0.6) is 0 Å². The topological polar surface area (TPSA) is 121 Å². The average Bonchev–Trinajstić information content (AvgIpc) is 3.28. The zero-order valence-corrected chi connectivity index (χ0v) is 13.9. The highest BCUT2D eigenvalue weighted by molar-refractivity contribution is 5.88. The summed E-state index contributed by atoms with van der Waals surface area (Å²) in [7, 11) is 1.60. The van der Waals surface area contributed by atoms with Crippen molar-refractivity contribution in [2.45, 2.75) is 6.54 Å². The quantitative estimate of drug-likeness (QED) is 0.374. The molecule has 0 spiro atoms. The summed E-state index contributed by atoms with van der Waals surface area (Å²) in [5, 5.41) is 19.4. The number of aromatic nitrogens is 3. The van der Waals surface area contributed by atoms with Gasteiger partial charge in [-0.3, -0.25) is 25.2 Å². The van der Waals surface area contributed by atoms with Crippen LogP contribution in [0.4, 0.5) is 11.6 Å². The summed E-state index contributed by atoms with van der Waals surface area (Å²) in [6.45, 7) is 1.00. The summed E-state index contributed by atoms with van der Waals surface area (Å²) < 4.78 is 12.0. The van der Waals surface area contributed by atoms with Gasteiger partial charge in [0.15, 0.2) is 5.76 Å². The van der Waals surface area contributed by atoms with Crippen LogP contribution in [0.1, 0.15) is 5.56 Å². The first-order valence-corrected chi connectivity index (χ1v) is 7.67. The maximum absolute atomic E-state index is 10.8. The number of anilines is 1. The second kappa shape index (κ2) is 8.03. The molecule has 1 N–H and O–H groups in total. The van der Waals surface area contributed by atoms with Gasteiger partial charge < -0.3 is 9.15 Å². The fourth-order valence-corrected chi connectivity index (χ4v) is 2.18. The Kier molecular flexibility index (Phi) is 5.34. The molecular weight excluding hydrogens is 340 g/mol. The van der Waals surface area contributed by atoms with Crippen LogP contribution < -0.4 is 5.43 Å². The zero-order valence-electron chi connectivity index (χ0n) is 13.9. The molecule has 0 saturated carbocycles. The molecule has 0 unspecified atom stereocenters. The normalized spacial score (nSPS) is 11.1. The molecule has 10 heteroatoms. The van der Waals surface area contributed by atoms with Crippen molar-refractivity contribution in [1.82, 2.24) is 14.8 Å². The van der Waals surface area contributed by atoms with Gasteiger partial charge in [-0.1, -0.05) is 0 Å². The highest BCUT2D eigenvalue weighted by atomic mass is 16.6. The lowest BCUT2D eigenvalue weighted by atomic mass is 10.2. The minimum absolute atomic E-state index is 0.288. The molecule has 10 nitrogen and oxygen atoms in total. The Morgan fingerprint density at radius 2 is 2.35 bits per heavy atom. The van der Waals surface area contributed by atoms with Crippen molar-refractivity contribution >= 4 is 17.8 Å². The largest absolute Gasteiger partial charge is 0.433 e. The van der Waals surface area contributed by atoms with Crippen LogP contribution in [0.2, 0.25) is 0 Å². The monoisotopic (exact) mass is 356 g/mol. The third kappa shape index (κ3) is 4.11. The van der Waals surface area contributed by atoms with E-state index in [-0.39, 0.29) is 11.6 Å². The summed E-state index contributed by atoms with van der Waals surface area (Å²) in [5.41, 5.74) is 4.67. The van der Waals surface area contributed by atoms with Gasteiger partial charge in [0.05, 0.1) is 37.3 Å². The van der Waals surface area contributed by atoms with Crippen LogP contribution in [0.3, 0.4) is 0 Å². The maximum Gasteiger partial charge on any atom is 0.433 e. The summed E-state index contributed by atoms with van der Waals surface area (Å²) in [4.78, 5) is 14.2. The van der Waals surface area contributed by atoms with Gasteiger partial charge >= 0.3 is 5.88 Å². The van der Waals surface area contributed by atoms with Crippen LogP contribution in [0.15, 0.2) is 52.4 Å². The maximum atomic E-state index is 10.8. The summed E-state index contributed by atoms with van der Waals surface area (Å²) in [6.07, 6.45) is 6.62. The number of hydrazone groups is 1. The van der Waals surface area contributed by atoms with E-state index in [1.807, 2.05) is 6.07 Å². The first-order valence-electron chi connectivity index (χ1n) is 7.67. The molecule has 0 aliphatic carbocycles. The first-order chi connectivity index (χ1) is 12.7. The molecule has 0 atom stereocenters. The second-order valence-corrected chi connectivity index (χ2v) is 5.20. The van der Waals surface area contributed by atoms with E-state index in [1.54, 1.807) is 42.7 Å². The van der Waals surface area contributed by atoms with E-state index in [4.69, 9.17) is 9.15 Å². The Balaban J connectivity index is 1.86. The van der Waals surface area contributed by atoms with Crippen molar-refractivity contribution in [3.63, 3.8) is 0 Å². The molecule has 26 heavy (non-hydrogen) atoms. The molecule has 0 radical (unpaired) electrons. The molecule has 0 aliphatic rings. The van der Waals surface area contributed by atoms with Crippen LogP contribution in [-0.4, -0.2) is 39.6 Å². The van der Waals surface area contributed by atoms with E-state index < -0.39 is 4.92 Å². The highest BCUT2D eigenvalue weighted by Gasteiger charge is 2.18. The van der Waals surface area contributed by atoms with Gasteiger partial charge in [-0.25, -0.2) is 0 Å². The Hall–Kier alpha value is -3.53. The number of pyridine rings is 1. The number of hydrogen-bond acceptors (Lipinski definition) is 8. The van der Waals surface area contributed by atoms with E-state index >= 15 is 0 Å². The molecule has 0 aromatic carbocycles.